The van der Waals surface area contributed by atoms with E-state index in [1.807, 2.05) is 45.9 Å². The van der Waals surface area contributed by atoms with Gasteiger partial charge in [0.15, 0.2) is 5.96 Å². The van der Waals surface area contributed by atoms with E-state index < -0.39 is 5.60 Å². The van der Waals surface area contributed by atoms with Gasteiger partial charge in [-0.3, -0.25) is 9.98 Å². The Morgan fingerprint density at radius 3 is 2.75 bits per heavy atom. The number of carbonyl (C=O) groups excluding carboxylic acids is 1. The first kappa shape index (κ1) is 19.7. The Morgan fingerprint density at radius 1 is 1.42 bits per heavy atom. The molecule has 0 aliphatic rings. The molecule has 24 heavy (non-hydrogen) atoms. The van der Waals surface area contributed by atoms with Crippen molar-refractivity contribution in [1.82, 2.24) is 15.2 Å². The average Bonchev–Trinajstić information content (AvgIpc) is 2.51. The number of guanidine groups is 1. The molecule has 1 aromatic rings. The second kappa shape index (κ2) is 9.75. The third-order valence-corrected chi connectivity index (χ3v) is 3.10. The Balaban J connectivity index is 2.31. The van der Waals surface area contributed by atoms with Crippen molar-refractivity contribution >= 4 is 12.1 Å². The fourth-order valence-electron chi connectivity index (χ4n) is 1.92. The summed E-state index contributed by atoms with van der Waals surface area (Å²) in [5.74, 6) is 0.367. The van der Waals surface area contributed by atoms with Crippen LogP contribution >= 0.6 is 0 Å². The van der Waals surface area contributed by atoms with Crippen LogP contribution in [0.2, 0.25) is 0 Å². The monoisotopic (exact) mass is 335 g/mol. The van der Waals surface area contributed by atoms with E-state index in [1.165, 1.54) is 0 Å². The Kier molecular flexibility index (Phi) is 8.01. The van der Waals surface area contributed by atoms with Crippen molar-refractivity contribution < 1.29 is 9.53 Å². The van der Waals surface area contributed by atoms with Gasteiger partial charge >= 0.3 is 6.09 Å². The molecule has 1 rings (SSSR count). The number of nitrogens with one attached hydrogen (secondary N) is 1. The van der Waals surface area contributed by atoms with Gasteiger partial charge in [-0.15, -0.1) is 0 Å². The molecule has 0 atom stereocenters. The molecule has 0 aliphatic carbocycles. The Hall–Kier alpha value is -2.31. The van der Waals surface area contributed by atoms with E-state index in [9.17, 15) is 4.79 Å². The smallest absolute Gasteiger partial charge is 0.410 e. The third kappa shape index (κ3) is 8.36. The molecule has 3 N–H and O–H groups in total. The molecule has 0 bridgehead atoms. The lowest BCUT2D eigenvalue weighted by Crippen LogP contribution is -2.42. The molecule has 0 unspecified atom stereocenters. The summed E-state index contributed by atoms with van der Waals surface area (Å²) < 4.78 is 5.35. The van der Waals surface area contributed by atoms with Crippen molar-refractivity contribution in [3.63, 3.8) is 0 Å². The van der Waals surface area contributed by atoms with Gasteiger partial charge in [0.1, 0.15) is 5.60 Å². The molecule has 0 saturated heterocycles. The van der Waals surface area contributed by atoms with Crippen LogP contribution in [0.15, 0.2) is 29.4 Å². The number of nitrogens with zero attached hydrogens (tertiary/aromatic N) is 3. The van der Waals surface area contributed by atoms with Crippen LogP contribution in [0.25, 0.3) is 0 Å². The molecule has 134 valence electrons. The molecular weight excluding hydrogens is 306 g/mol. The number of aromatic nitrogens is 1. The van der Waals surface area contributed by atoms with Crippen molar-refractivity contribution in [1.29, 1.82) is 0 Å². The van der Waals surface area contributed by atoms with Crippen molar-refractivity contribution in [3.05, 3.63) is 30.1 Å². The lowest BCUT2D eigenvalue weighted by Gasteiger charge is -2.26. The Morgan fingerprint density at radius 2 is 2.17 bits per heavy atom. The van der Waals surface area contributed by atoms with Gasteiger partial charge in [-0.2, -0.15) is 0 Å². The second-order valence-corrected chi connectivity index (χ2v) is 6.32. The van der Waals surface area contributed by atoms with Gasteiger partial charge in [0.25, 0.3) is 0 Å². The third-order valence-electron chi connectivity index (χ3n) is 3.10. The Bertz CT molecular complexity index is 526. The van der Waals surface area contributed by atoms with Crippen molar-refractivity contribution in [2.75, 3.05) is 26.2 Å². The van der Waals surface area contributed by atoms with Gasteiger partial charge < -0.3 is 20.7 Å². The average molecular weight is 335 g/mol. The SMILES string of the molecule is CCN(CCNC(N)=NCCc1ccccn1)C(=O)OC(C)(C)C. The first-order valence-corrected chi connectivity index (χ1v) is 8.23. The van der Waals surface area contributed by atoms with Crippen molar-refractivity contribution in [2.24, 2.45) is 10.7 Å². The van der Waals surface area contributed by atoms with E-state index in [0.29, 0.717) is 32.1 Å². The second-order valence-electron chi connectivity index (χ2n) is 6.32. The van der Waals surface area contributed by atoms with E-state index in [-0.39, 0.29) is 6.09 Å². The lowest BCUT2D eigenvalue weighted by molar-refractivity contribution is 0.0264. The van der Waals surface area contributed by atoms with E-state index in [2.05, 4.69) is 15.3 Å². The molecule has 0 aliphatic heterocycles. The number of rotatable bonds is 7. The molecule has 0 saturated carbocycles. The van der Waals surface area contributed by atoms with Gasteiger partial charge in [0.05, 0.1) is 0 Å². The number of nitrogens with two attached hydrogens (primary N) is 1. The molecule has 1 amide bonds. The molecule has 7 heteroatoms. The highest BCUT2D eigenvalue weighted by Crippen LogP contribution is 2.09. The number of likely N-dealkylation sites (N-methyl/N-ethyl adjacent to an activating group) is 1. The van der Waals surface area contributed by atoms with Crippen LogP contribution in [-0.2, 0) is 11.2 Å². The maximum absolute atomic E-state index is 12.0. The zero-order valence-electron chi connectivity index (χ0n) is 15.1. The van der Waals surface area contributed by atoms with E-state index in [4.69, 9.17) is 10.5 Å². The Labute approximate surface area is 144 Å². The largest absolute Gasteiger partial charge is 0.444 e. The molecule has 0 spiro atoms. The summed E-state index contributed by atoms with van der Waals surface area (Å²) in [6, 6.07) is 5.79. The quantitative estimate of drug-likeness (QED) is 0.585. The predicted molar refractivity (Wildman–Crippen MR) is 95.9 cm³/mol. The summed E-state index contributed by atoms with van der Waals surface area (Å²) in [6.07, 6.45) is 2.18. The summed E-state index contributed by atoms with van der Waals surface area (Å²) in [5, 5.41) is 3.01. The molecule has 0 fully saturated rings. The van der Waals surface area contributed by atoms with Crippen LogP contribution < -0.4 is 11.1 Å². The summed E-state index contributed by atoms with van der Waals surface area (Å²) in [5.41, 5.74) is 6.31. The zero-order valence-corrected chi connectivity index (χ0v) is 15.1. The summed E-state index contributed by atoms with van der Waals surface area (Å²) >= 11 is 0. The highest BCUT2D eigenvalue weighted by atomic mass is 16.6. The molecule has 0 radical (unpaired) electrons. The molecule has 0 aromatic carbocycles. The van der Waals surface area contributed by atoms with E-state index in [0.717, 1.165) is 12.1 Å². The minimum Gasteiger partial charge on any atom is -0.444 e. The van der Waals surface area contributed by atoms with Gasteiger partial charge in [0, 0.05) is 44.5 Å². The maximum Gasteiger partial charge on any atom is 0.410 e. The van der Waals surface area contributed by atoms with Crippen LogP contribution in [0.4, 0.5) is 4.79 Å². The van der Waals surface area contributed by atoms with Gasteiger partial charge in [-0.05, 0) is 39.8 Å². The predicted octanol–water partition coefficient (Wildman–Crippen LogP) is 1.79. The molecular formula is C17H29N5O2. The van der Waals surface area contributed by atoms with Crippen LogP contribution in [0.5, 0.6) is 0 Å². The van der Waals surface area contributed by atoms with Crippen molar-refractivity contribution in [3.8, 4) is 0 Å². The van der Waals surface area contributed by atoms with Gasteiger partial charge in [0.2, 0.25) is 0 Å². The summed E-state index contributed by atoms with van der Waals surface area (Å²) in [7, 11) is 0. The first-order valence-electron chi connectivity index (χ1n) is 8.23. The number of amides is 1. The normalized spacial score (nSPS) is 11.9. The van der Waals surface area contributed by atoms with Crippen molar-refractivity contribution in [2.45, 2.75) is 39.7 Å². The number of pyridine rings is 1. The number of carbonyl (C=O) groups is 1. The van der Waals surface area contributed by atoms with E-state index in [1.54, 1.807) is 11.1 Å². The van der Waals surface area contributed by atoms with Gasteiger partial charge in [-0.25, -0.2) is 4.79 Å². The number of hydrogen-bond acceptors (Lipinski definition) is 4. The fraction of sp³-hybridized carbons (Fsp3) is 0.588. The highest BCUT2D eigenvalue weighted by Gasteiger charge is 2.20. The number of aliphatic imine (C=N–C) groups is 1. The number of ether oxygens (including phenoxy) is 1. The fourth-order valence-corrected chi connectivity index (χ4v) is 1.92. The van der Waals surface area contributed by atoms with Crippen LogP contribution in [0.3, 0.4) is 0 Å². The lowest BCUT2D eigenvalue weighted by atomic mass is 10.2. The van der Waals surface area contributed by atoms with Crippen LogP contribution in [-0.4, -0.2) is 53.7 Å². The maximum atomic E-state index is 12.0. The molecule has 1 heterocycles. The zero-order chi connectivity index (χ0) is 18.0. The molecule has 7 nitrogen and oxygen atoms in total. The first-order chi connectivity index (χ1) is 11.3. The summed E-state index contributed by atoms with van der Waals surface area (Å²) in [6.45, 7) is 9.63. The van der Waals surface area contributed by atoms with Crippen LogP contribution in [0.1, 0.15) is 33.4 Å². The highest BCUT2D eigenvalue weighted by molar-refractivity contribution is 5.77. The number of hydrogen-bond donors (Lipinski definition) is 2. The van der Waals surface area contributed by atoms with Gasteiger partial charge in [-0.1, -0.05) is 6.07 Å². The van der Waals surface area contributed by atoms with Crippen LogP contribution in [0, 0.1) is 0 Å². The minimum absolute atomic E-state index is 0.322. The topological polar surface area (TPSA) is 92.8 Å². The minimum atomic E-state index is -0.496. The van der Waals surface area contributed by atoms with E-state index >= 15 is 0 Å². The standard InChI is InChI=1S/C17H29N5O2/c1-5-22(16(23)24-17(2,3)4)13-12-21-15(18)20-11-9-14-8-6-7-10-19-14/h6-8,10H,5,9,11-13H2,1-4H3,(H3,18,20,21). The molecule has 1 aromatic heterocycles. The summed E-state index contributed by atoms with van der Waals surface area (Å²) in [4.78, 5) is 22.1.